The van der Waals surface area contributed by atoms with Crippen LogP contribution in [0.1, 0.15) is 32.1 Å². The lowest BCUT2D eigenvalue weighted by molar-refractivity contribution is 0.415. The van der Waals surface area contributed by atoms with Crippen LogP contribution in [0, 0.1) is 11.8 Å². The third kappa shape index (κ3) is 5.88. The summed E-state index contributed by atoms with van der Waals surface area (Å²) in [5.74, 6) is 1.25. The van der Waals surface area contributed by atoms with Crippen LogP contribution < -0.4 is 9.80 Å². The zero-order valence-corrected chi connectivity index (χ0v) is 31.8. The number of benzene rings is 7. The molecule has 3 atom stereocenters. The lowest BCUT2D eigenvalue weighted by Crippen LogP contribution is -2.34. The van der Waals surface area contributed by atoms with Crippen molar-refractivity contribution in [3.63, 3.8) is 0 Å². The summed E-state index contributed by atoms with van der Waals surface area (Å²) in [4.78, 5) is 5.04. The van der Waals surface area contributed by atoms with Crippen molar-refractivity contribution in [2.45, 2.75) is 38.1 Å². The summed E-state index contributed by atoms with van der Waals surface area (Å²) >= 11 is 0. The minimum Gasteiger partial charge on any atom is -0.333 e. The molecule has 7 aromatic rings. The molecule has 0 N–H and O–H groups in total. The highest BCUT2D eigenvalue weighted by Gasteiger charge is 2.32. The molecule has 0 saturated heterocycles. The van der Waals surface area contributed by atoms with E-state index < -0.39 is 0 Å². The SMILES string of the molecule is C=CCC(C=C)N(C1=CCC2CC3CCC=CC3=CC2=C1)c1c2ccccc2c(N(c2ccccc2)c2ccc3cc4ccccc4cc3c2)c2ccccc12. The Morgan fingerprint density at radius 1 is 0.607 bits per heavy atom. The first-order valence-electron chi connectivity index (χ1n) is 20.2. The first kappa shape index (κ1) is 34.1. The molecule has 0 radical (unpaired) electrons. The van der Waals surface area contributed by atoms with Gasteiger partial charge in [0.05, 0.1) is 17.4 Å². The number of para-hydroxylation sites is 1. The Morgan fingerprint density at radius 3 is 1.95 bits per heavy atom. The van der Waals surface area contributed by atoms with Gasteiger partial charge in [0.15, 0.2) is 0 Å². The normalized spacial score (nSPS) is 18.1. The summed E-state index contributed by atoms with van der Waals surface area (Å²) in [6.45, 7) is 8.63. The molecule has 7 aromatic carbocycles. The third-order valence-electron chi connectivity index (χ3n) is 12.4. The van der Waals surface area contributed by atoms with Gasteiger partial charge in [0, 0.05) is 38.6 Å². The van der Waals surface area contributed by atoms with Crippen LogP contribution in [0.2, 0.25) is 0 Å². The van der Waals surface area contributed by atoms with E-state index in [0.29, 0.717) is 11.8 Å². The topological polar surface area (TPSA) is 6.48 Å². The number of fused-ring (bicyclic) bond motifs is 6. The molecule has 3 aliphatic rings. The van der Waals surface area contributed by atoms with Crippen molar-refractivity contribution in [2.24, 2.45) is 11.8 Å². The van der Waals surface area contributed by atoms with Gasteiger partial charge < -0.3 is 9.80 Å². The van der Waals surface area contributed by atoms with Crippen molar-refractivity contribution >= 4 is 65.8 Å². The maximum absolute atomic E-state index is 4.42. The summed E-state index contributed by atoms with van der Waals surface area (Å²) in [6.07, 6.45) is 21.9. The second kappa shape index (κ2) is 14.4. The Labute approximate surface area is 330 Å². The summed E-state index contributed by atoms with van der Waals surface area (Å²) in [5, 5.41) is 9.79. The van der Waals surface area contributed by atoms with E-state index in [-0.39, 0.29) is 6.04 Å². The fourth-order valence-electron chi connectivity index (χ4n) is 9.68. The van der Waals surface area contributed by atoms with Crippen LogP contribution in [-0.2, 0) is 0 Å². The zero-order valence-electron chi connectivity index (χ0n) is 31.8. The lowest BCUT2D eigenvalue weighted by atomic mass is 9.72. The van der Waals surface area contributed by atoms with Crippen molar-refractivity contribution in [3.05, 3.63) is 206 Å². The molecule has 272 valence electrons. The molecule has 2 heteroatoms. The molecular formula is C54H46N2. The maximum Gasteiger partial charge on any atom is 0.0619 e. The van der Waals surface area contributed by atoms with Crippen LogP contribution in [-0.4, -0.2) is 6.04 Å². The first-order valence-corrected chi connectivity index (χ1v) is 20.2. The Balaban J connectivity index is 1.22. The van der Waals surface area contributed by atoms with Gasteiger partial charge in [-0.1, -0.05) is 134 Å². The Hall–Kier alpha value is -6.38. The zero-order chi connectivity index (χ0) is 37.6. The standard InChI is InChI=1S/C54H46N2/c1-3-16-45(4-2)55(47-29-27-41-31-37-17-8-10-19-39(37)33-43(41)35-47)53-49-23-12-14-25-51(49)54(52-26-15-13-24-50(52)53)56(46-21-6-5-7-22-46)48-30-28-42-32-38-18-9-11-20-40(38)34-44(42)36-48/h3-7,9-15,18-26,28-30,32-37,41,45H,1-2,8,16-17,27,31H2. The van der Waals surface area contributed by atoms with E-state index in [9.17, 15) is 0 Å². The average molecular weight is 723 g/mol. The van der Waals surface area contributed by atoms with Crippen LogP contribution in [0.15, 0.2) is 206 Å². The molecule has 0 aliphatic heterocycles. The molecule has 0 heterocycles. The molecule has 0 aromatic heterocycles. The predicted octanol–water partition coefficient (Wildman–Crippen LogP) is 14.8. The van der Waals surface area contributed by atoms with Crippen molar-refractivity contribution in [1.29, 1.82) is 0 Å². The molecule has 3 aliphatic carbocycles. The monoisotopic (exact) mass is 722 g/mol. The fraction of sp³-hybridized carbons (Fsp3) is 0.148. The largest absolute Gasteiger partial charge is 0.333 e. The number of nitrogens with zero attached hydrogens (tertiary/aromatic N) is 2. The molecule has 3 unspecified atom stereocenters. The molecule has 2 nitrogen and oxygen atoms in total. The highest BCUT2D eigenvalue weighted by molar-refractivity contribution is 6.22. The molecular weight excluding hydrogens is 677 g/mol. The van der Waals surface area contributed by atoms with Crippen molar-refractivity contribution < 1.29 is 0 Å². The van der Waals surface area contributed by atoms with Crippen molar-refractivity contribution in [2.75, 3.05) is 9.80 Å². The van der Waals surface area contributed by atoms with Gasteiger partial charge in [-0.15, -0.1) is 13.2 Å². The van der Waals surface area contributed by atoms with E-state index >= 15 is 0 Å². The van der Waals surface area contributed by atoms with Crippen LogP contribution in [0.25, 0.3) is 43.1 Å². The molecule has 0 amide bonds. The minimum atomic E-state index is 0.0175. The van der Waals surface area contributed by atoms with Crippen LogP contribution in [0.4, 0.5) is 22.7 Å². The van der Waals surface area contributed by atoms with E-state index in [1.54, 1.807) is 0 Å². The van der Waals surface area contributed by atoms with Gasteiger partial charge in [0.2, 0.25) is 0 Å². The maximum atomic E-state index is 4.42. The molecule has 0 spiro atoms. The smallest absolute Gasteiger partial charge is 0.0619 e. The Kier molecular flexibility index (Phi) is 8.75. The summed E-state index contributed by atoms with van der Waals surface area (Å²) < 4.78 is 0. The highest BCUT2D eigenvalue weighted by Crippen LogP contribution is 2.51. The van der Waals surface area contributed by atoms with Crippen LogP contribution >= 0.6 is 0 Å². The van der Waals surface area contributed by atoms with Gasteiger partial charge in [-0.2, -0.15) is 0 Å². The van der Waals surface area contributed by atoms with E-state index in [2.05, 4.69) is 193 Å². The Bertz CT molecular complexity index is 2740. The van der Waals surface area contributed by atoms with Crippen LogP contribution in [0.5, 0.6) is 0 Å². The number of hydrogen-bond acceptors (Lipinski definition) is 2. The van der Waals surface area contributed by atoms with E-state index in [1.807, 2.05) is 6.08 Å². The van der Waals surface area contributed by atoms with Gasteiger partial charge in [0.1, 0.15) is 0 Å². The highest BCUT2D eigenvalue weighted by atomic mass is 15.2. The molecule has 10 rings (SSSR count). The molecule has 0 bridgehead atoms. The first-order chi connectivity index (χ1) is 27.7. The summed E-state index contributed by atoms with van der Waals surface area (Å²) in [6, 6.07) is 49.1. The van der Waals surface area contributed by atoms with Crippen molar-refractivity contribution in [1.82, 2.24) is 0 Å². The van der Waals surface area contributed by atoms with Gasteiger partial charge in [-0.3, -0.25) is 0 Å². The van der Waals surface area contributed by atoms with E-state index in [0.717, 1.165) is 24.2 Å². The Morgan fingerprint density at radius 2 is 1.25 bits per heavy atom. The van der Waals surface area contributed by atoms with Crippen LogP contribution in [0.3, 0.4) is 0 Å². The predicted molar refractivity (Wildman–Crippen MR) is 241 cm³/mol. The minimum absolute atomic E-state index is 0.0175. The molecule has 56 heavy (non-hydrogen) atoms. The van der Waals surface area contributed by atoms with Gasteiger partial charge in [-0.25, -0.2) is 0 Å². The number of rotatable bonds is 9. The van der Waals surface area contributed by atoms with Gasteiger partial charge in [-0.05, 0) is 119 Å². The van der Waals surface area contributed by atoms with Gasteiger partial charge in [0.25, 0.3) is 0 Å². The fourth-order valence-corrected chi connectivity index (χ4v) is 9.68. The number of hydrogen-bond donors (Lipinski definition) is 0. The quantitative estimate of drug-likeness (QED) is 0.0831. The number of allylic oxidation sites excluding steroid dienone is 7. The molecule has 0 fully saturated rings. The van der Waals surface area contributed by atoms with E-state index in [4.69, 9.17) is 0 Å². The number of anilines is 4. The average Bonchev–Trinajstić information content (AvgIpc) is 3.25. The second-order valence-corrected chi connectivity index (χ2v) is 15.7. The second-order valence-electron chi connectivity index (χ2n) is 15.7. The van der Waals surface area contributed by atoms with Gasteiger partial charge >= 0.3 is 0 Å². The lowest BCUT2D eigenvalue weighted by Gasteiger charge is -2.39. The summed E-state index contributed by atoms with van der Waals surface area (Å²) in [7, 11) is 0. The molecule has 0 saturated carbocycles. The third-order valence-corrected chi connectivity index (χ3v) is 12.4. The summed E-state index contributed by atoms with van der Waals surface area (Å²) in [5.41, 5.74) is 8.83. The van der Waals surface area contributed by atoms with E-state index in [1.165, 1.54) is 90.6 Å². The van der Waals surface area contributed by atoms with Crippen molar-refractivity contribution in [3.8, 4) is 0 Å².